The Bertz CT molecular complexity index is 1060. The fraction of sp³-hybridized carbons (Fsp3) is 0.480. The predicted octanol–water partition coefficient (Wildman–Crippen LogP) is 3.96. The Morgan fingerprint density at radius 2 is 2.06 bits per heavy atom. The Kier molecular flexibility index (Phi) is 5.57. The van der Waals surface area contributed by atoms with Gasteiger partial charge in [0.25, 0.3) is 11.8 Å². The number of fused-ring (bicyclic) bond motifs is 2. The van der Waals surface area contributed by atoms with Crippen molar-refractivity contribution in [1.29, 1.82) is 0 Å². The number of pyridine rings is 1. The first-order valence-corrected chi connectivity index (χ1v) is 11.6. The number of hydrogen-bond acceptors (Lipinski definition) is 4. The summed E-state index contributed by atoms with van der Waals surface area (Å²) in [5.74, 6) is 0.877. The third-order valence-electron chi connectivity index (χ3n) is 6.96. The molecule has 4 heterocycles. The van der Waals surface area contributed by atoms with Gasteiger partial charge in [-0.15, -0.1) is 0 Å². The Morgan fingerprint density at radius 3 is 2.88 bits per heavy atom. The highest BCUT2D eigenvalue weighted by Gasteiger charge is 2.29. The van der Waals surface area contributed by atoms with Crippen LogP contribution >= 0.6 is 0 Å². The molecule has 1 saturated heterocycles. The molecule has 1 aromatic heterocycles. The number of carbonyl (C=O) groups excluding carboxylic acids is 2. The fourth-order valence-electron chi connectivity index (χ4n) is 5.18. The van der Waals surface area contributed by atoms with E-state index < -0.39 is 0 Å². The van der Waals surface area contributed by atoms with Gasteiger partial charge in [-0.25, -0.2) is 4.98 Å². The average molecular weight is 437 g/mol. The number of anilines is 2. The molecule has 32 heavy (non-hydrogen) atoms. The van der Waals surface area contributed by atoms with Crippen molar-refractivity contribution in [3.63, 3.8) is 0 Å². The van der Waals surface area contributed by atoms with E-state index in [0.29, 0.717) is 31.7 Å². The largest absolute Gasteiger partial charge is 0.338 e. The van der Waals surface area contributed by atoms with E-state index in [4.69, 9.17) is 4.98 Å². The number of nitrogens with zero attached hydrogens (tertiary/aromatic N) is 4. The number of likely N-dealkylation sites (tertiary alicyclic amines) is 1. The zero-order chi connectivity index (χ0) is 22.2. The predicted molar refractivity (Wildman–Crippen MR) is 121 cm³/mol. The maximum Gasteiger partial charge on any atom is 0.255 e. The van der Waals surface area contributed by atoms with Crippen LogP contribution in [0.25, 0.3) is 0 Å². The monoisotopic (exact) mass is 436 g/mol. The summed E-state index contributed by atoms with van der Waals surface area (Å²) >= 11 is 0. The van der Waals surface area contributed by atoms with Gasteiger partial charge in [0, 0.05) is 56.1 Å². The van der Waals surface area contributed by atoms with Crippen LogP contribution in [0.3, 0.4) is 0 Å². The van der Waals surface area contributed by atoms with E-state index in [9.17, 15) is 14.0 Å². The molecule has 0 bridgehead atoms. The summed E-state index contributed by atoms with van der Waals surface area (Å²) in [4.78, 5) is 36.0. The van der Waals surface area contributed by atoms with E-state index >= 15 is 0 Å². The summed E-state index contributed by atoms with van der Waals surface area (Å²) in [5, 5.41) is 0. The molecule has 0 radical (unpaired) electrons. The number of benzene rings is 1. The normalized spacial score (nSPS) is 20.4. The molecule has 0 spiro atoms. The molecule has 1 aromatic carbocycles. The summed E-state index contributed by atoms with van der Waals surface area (Å²) in [5.41, 5.74) is 4.52. The van der Waals surface area contributed by atoms with Crippen LogP contribution in [0.15, 0.2) is 30.5 Å². The van der Waals surface area contributed by atoms with Crippen LogP contribution in [-0.2, 0) is 13.0 Å². The first kappa shape index (κ1) is 20.9. The van der Waals surface area contributed by atoms with E-state index in [1.54, 1.807) is 11.1 Å². The lowest BCUT2D eigenvalue weighted by molar-refractivity contribution is 0.0655. The van der Waals surface area contributed by atoms with Gasteiger partial charge in [0.1, 0.15) is 5.82 Å². The lowest BCUT2D eigenvalue weighted by Crippen LogP contribution is -2.40. The third-order valence-corrected chi connectivity index (χ3v) is 6.96. The summed E-state index contributed by atoms with van der Waals surface area (Å²) < 4.78 is 13.1. The molecule has 5 rings (SSSR count). The Labute approximate surface area is 188 Å². The Hall–Kier alpha value is -2.96. The van der Waals surface area contributed by atoms with E-state index in [-0.39, 0.29) is 24.4 Å². The number of rotatable bonds is 4. The lowest BCUT2D eigenvalue weighted by atomic mass is 9.98. The van der Waals surface area contributed by atoms with E-state index in [1.807, 2.05) is 30.0 Å². The van der Waals surface area contributed by atoms with Crippen LogP contribution in [0.4, 0.5) is 15.9 Å². The van der Waals surface area contributed by atoms with Crippen molar-refractivity contribution in [2.24, 2.45) is 5.92 Å². The van der Waals surface area contributed by atoms with Crippen molar-refractivity contribution in [1.82, 2.24) is 14.8 Å². The Morgan fingerprint density at radius 1 is 1.19 bits per heavy atom. The highest BCUT2D eigenvalue weighted by molar-refractivity contribution is 5.99. The summed E-state index contributed by atoms with van der Waals surface area (Å²) in [6, 6.07) is 7.98. The molecule has 0 unspecified atom stereocenters. The van der Waals surface area contributed by atoms with Crippen LogP contribution in [0.2, 0.25) is 0 Å². The topological polar surface area (TPSA) is 56.8 Å². The second-order valence-corrected chi connectivity index (χ2v) is 9.04. The zero-order valence-electron chi connectivity index (χ0n) is 18.5. The van der Waals surface area contributed by atoms with Crippen LogP contribution in [0.5, 0.6) is 0 Å². The molecule has 3 aliphatic rings. The minimum absolute atomic E-state index is 0.0497. The van der Waals surface area contributed by atoms with Gasteiger partial charge in [-0.3, -0.25) is 14.0 Å². The minimum atomic E-state index is -0.371. The maximum atomic E-state index is 13.1. The van der Waals surface area contributed by atoms with Gasteiger partial charge in [0.2, 0.25) is 0 Å². The van der Waals surface area contributed by atoms with Gasteiger partial charge in [0.05, 0.1) is 12.2 Å². The molecular weight excluding hydrogens is 407 g/mol. The highest BCUT2D eigenvalue weighted by atomic mass is 19.1. The number of aryl methyl sites for hydroxylation is 1. The third kappa shape index (κ3) is 3.63. The van der Waals surface area contributed by atoms with Crippen molar-refractivity contribution in [2.45, 2.75) is 39.2 Å². The van der Waals surface area contributed by atoms with Gasteiger partial charge >= 0.3 is 0 Å². The first-order valence-electron chi connectivity index (χ1n) is 11.6. The highest BCUT2D eigenvalue weighted by Crippen LogP contribution is 2.35. The Balaban J connectivity index is 1.40. The van der Waals surface area contributed by atoms with Crippen LogP contribution in [-0.4, -0.2) is 59.5 Å². The van der Waals surface area contributed by atoms with Gasteiger partial charge in [0.15, 0.2) is 0 Å². The molecule has 1 fully saturated rings. The van der Waals surface area contributed by atoms with Crippen molar-refractivity contribution in [2.75, 3.05) is 37.8 Å². The lowest BCUT2D eigenvalue weighted by Gasteiger charge is -2.33. The average Bonchev–Trinajstić information content (AvgIpc) is 3.17. The van der Waals surface area contributed by atoms with E-state index in [1.165, 1.54) is 0 Å². The second-order valence-electron chi connectivity index (χ2n) is 9.04. The molecule has 7 heteroatoms. The number of alkyl halides is 1. The van der Waals surface area contributed by atoms with Gasteiger partial charge in [-0.2, -0.15) is 0 Å². The van der Waals surface area contributed by atoms with Crippen molar-refractivity contribution >= 4 is 23.3 Å². The van der Waals surface area contributed by atoms with Crippen molar-refractivity contribution < 1.29 is 14.0 Å². The molecule has 168 valence electrons. The zero-order valence-corrected chi connectivity index (χ0v) is 18.5. The number of carbonyl (C=O) groups is 2. The van der Waals surface area contributed by atoms with E-state index in [0.717, 1.165) is 60.4 Å². The number of aromatic nitrogens is 1. The SMILES string of the molecule is CCN1Cc2cc(N3CCCc4cc(C(=O)N5CCC[C@H](CF)C5)cnc43)ccc2C1=O. The molecule has 2 aromatic rings. The number of hydrogen-bond donors (Lipinski definition) is 0. The molecule has 0 saturated carbocycles. The first-order chi connectivity index (χ1) is 15.6. The fourth-order valence-corrected chi connectivity index (χ4v) is 5.18. The smallest absolute Gasteiger partial charge is 0.255 e. The van der Waals surface area contributed by atoms with Gasteiger partial charge in [-0.05, 0) is 68.0 Å². The molecule has 6 nitrogen and oxygen atoms in total. The molecular formula is C25H29FN4O2. The number of halogens is 1. The minimum Gasteiger partial charge on any atom is -0.338 e. The number of amides is 2. The number of piperidine rings is 1. The van der Waals surface area contributed by atoms with E-state index in [2.05, 4.69) is 11.0 Å². The molecule has 1 atom stereocenters. The van der Waals surface area contributed by atoms with Crippen molar-refractivity contribution in [3.05, 3.63) is 52.7 Å². The molecule has 0 aliphatic carbocycles. The molecule has 2 amide bonds. The van der Waals surface area contributed by atoms with Crippen LogP contribution in [0.1, 0.15) is 58.0 Å². The summed E-state index contributed by atoms with van der Waals surface area (Å²) in [7, 11) is 0. The summed E-state index contributed by atoms with van der Waals surface area (Å²) in [6.45, 7) is 5.00. The van der Waals surface area contributed by atoms with Crippen LogP contribution in [0, 0.1) is 5.92 Å². The quantitative estimate of drug-likeness (QED) is 0.728. The summed E-state index contributed by atoms with van der Waals surface area (Å²) in [6.07, 6.45) is 5.20. The second kappa shape index (κ2) is 8.52. The van der Waals surface area contributed by atoms with Gasteiger partial charge in [-0.1, -0.05) is 0 Å². The van der Waals surface area contributed by atoms with Gasteiger partial charge < -0.3 is 14.7 Å². The standard InChI is InChI=1S/C25H29FN4O2/c1-2-28-16-20-12-21(7-8-22(20)25(28)32)30-10-4-6-18-11-19(14-27-23(18)30)24(31)29-9-3-5-17(13-26)15-29/h7-8,11-12,14,17H,2-6,9-10,13,15-16H2,1H3/t17-/m1/s1. The molecule has 3 aliphatic heterocycles. The van der Waals surface area contributed by atoms with Crippen LogP contribution < -0.4 is 4.90 Å². The molecule has 0 N–H and O–H groups in total. The van der Waals surface area contributed by atoms with Crippen molar-refractivity contribution in [3.8, 4) is 0 Å². The maximum absolute atomic E-state index is 13.1.